The van der Waals surface area contributed by atoms with E-state index >= 15 is 0 Å². The number of carbonyl (C=O) groups is 3. The van der Waals surface area contributed by atoms with Crippen LogP contribution in [0, 0.1) is 0 Å². The predicted molar refractivity (Wildman–Crippen MR) is 84.4 cm³/mol. The van der Waals surface area contributed by atoms with Gasteiger partial charge in [0.25, 0.3) is 0 Å². The fourth-order valence-corrected chi connectivity index (χ4v) is 1.63. The Labute approximate surface area is 131 Å². The van der Waals surface area contributed by atoms with Crippen molar-refractivity contribution in [1.82, 2.24) is 5.32 Å². The van der Waals surface area contributed by atoms with Crippen LogP contribution in [0.25, 0.3) is 0 Å². The number of hydrogen-bond donors (Lipinski definition) is 4. The second-order valence-electron chi connectivity index (χ2n) is 5.46. The average Bonchev–Trinajstić information content (AvgIpc) is 2.41. The van der Waals surface area contributed by atoms with E-state index in [-0.39, 0.29) is 18.0 Å². The van der Waals surface area contributed by atoms with Crippen LogP contribution in [0.15, 0.2) is 12.2 Å². The van der Waals surface area contributed by atoms with Crippen LogP contribution in [-0.2, 0) is 14.4 Å². The third-order valence-electron chi connectivity index (χ3n) is 2.69. The molecule has 0 atom stereocenters. The molecule has 0 saturated carbocycles. The van der Waals surface area contributed by atoms with E-state index in [4.69, 9.17) is 15.9 Å². The Morgan fingerprint density at radius 1 is 1.05 bits per heavy atom. The van der Waals surface area contributed by atoms with E-state index in [1.807, 2.05) is 13.8 Å². The summed E-state index contributed by atoms with van der Waals surface area (Å²) in [5, 5.41) is 18.5. The molecule has 0 fully saturated rings. The van der Waals surface area contributed by atoms with Crippen LogP contribution < -0.4 is 11.1 Å². The zero-order chi connectivity index (χ0) is 17.6. The van der Waals surface area contributed by atoms with Gasteiger partial charge >= 0.3 is 11.9 Å². The zero-order valence-corrected chi connectivity index (χ0v) is 13.6. The van der Waals surface area contributed by atoms with Crippen molar-refractivity contribution in [3.05, 3.63) is 12.2 Å². The topological polar surface area (TPSA) is 130 Å². The quantitative estimate of drug-likeness (QED) is 0.377. The van der Waals surface area contributed by atoms with Gasteiger partial charge in [-0.05, 0) is 20.3 Å². The molecule has 7 nitrogen and oxygen atoms in total. The van der Waals surface area contributed by atoms with Gasteiger partial charge in [0.2, 0.25) is 5.91 Å². The standard InChI is InChI=1S/C11H24N2O.C4H4O4/c1-4-5-6-7-8-11(2,3)13-10(14)9-12;5-3(6)1-2-4(7)8/h4-9,12H2,1-3H3,(H,13,14);1-2H,(H,5,6)(H,7,8)/b;2-1+. The van der Waals surface area contributed by atoms with Gasteiger partial charge in [0.05, 0.1) is 6.54 Å². The second kappa shape index (κ2) is 12.8. The molecule has 0 radical (unpaired) electrons. The third-order valence-corrected chi connectivity index (χ3v) is 2.69. The van der Waals surface area contributed by atoms with Gasteiger partial charge < -0.3 is 21.3 Å². The van der Waals surface area contributed by atoms with E-state index in [0.29, 0.717) is 12.2 Å². The lowest BCUT2D eigenvalue weighted by Gasteiger charge is -2.26. The minimum atomic E-state index is -1.26. The molecule has 128 valence electrons. The smallest absolute Gasteiger partial charge is 0.328 e. The third kappa shape index (κ3) is 18.1. The second-order valence-corrected chi connectivity index (χ2v) is 5.46. The number of aliphatic carboxylic acids is 2. The zero-order valence-electron chi connectivity index (χ0n) is 13.6. The van der Waals surface area contributed by atoms with Crippen molar-refractivity contribution in [1.29, 1.82) is 0 Å². The highest BCUT2D eigenvalue weighted by atomic mass is 16.4. The molecule has 0 saturated heterocycles. The largest absolute Gasteiger partial charge is 0.478 e. The fraction of sp³-hybridized carbons (Fsp3) is 0.667. The molecule has 0 spiro atoms. The SMILES string of the molecule is CCCCCCC(C)(C)NC(=O)CN.O=C(O)/C=C/C(=O)O. The summed E-state index contributed by atoms with van der Waals surface area (Å²) >= 11 is 0. The Hall–Kier alpha value is -1.89. The van der Waals surface area contributed by atoms with Crippen molar-refractivity contribution in [3.8, 4) is 0 Å². The van der Waals surface area contributed by atoms with Gasteiger partial charge in [-0.1, -0.05) is 32.6 Å². The lowest BCUT2D eigenvalue weighted by molar-refractivity contribution is -0.134. The molecule has 1 amide bonds. The van der Waals surface area contributed by atoms with Crippen molar-refractivity contribution >= 4 is 17.8 Å². The molecule has 0 aromatic rings. The maximum absolute atomic E-state index is 11.1. The summed E-state index contributed by atoms with van der Waals surface area (Å²) in [7, 11) is 0. The molecule has 0 aliphatic heterocycles. The summed E-state index contributed by atoms with van der Waals surface area (Å²) in [4.78, 5) is 30.2. The summed E-state index contributed by atoms with van der Waals surface area (Å²) in [5.74, 6) is -2.58. The lowest BCUT2D eigenvalue weighted by atomic mass is 9.96. The first-order valence-electron chi connectivity index (χ1n) is 7.29. The Morgan fingerprint density at radius 2 is 1.55 bits per heavy atom. The van der Waals surface area contributed by atoms with Crippen molar-refractivity contribution in [2.45, 2.75) is 58.4 Å². The molecule has 0 aromatic heterocycles. The molecule has 0 aliphatic carbocycles. The summed E-state index contributed by atoms with van der Waals surface area (Å²) in [5.41, 5.74) is 5.14. The van der Waals surface area contributed by atoms with Crippen LogP contribution >= 0.6 is 0 Å². The minimum absolute atomic E-state index is 0.0644. The molecule has 0 rings (SSSR count). The summed E-state index contributed by atoms with van der Waals surface area (Å²) in [6, 6.07) is 0. The van der Waals surface area contributed by atoms with E-state index in [2.05, 4.69) is 12.2 Å². The van der Waals surface area contributed by atoms with Crippen molar-refractivity contribution in [2.24, 2.45) is 5.73 Å². The molecule has 22 heavy (non-hydrogen) atoms. The van der Waals surface area contributed by atoms with E-state index in [9.17, 15) is 14.4 Å². The van der Waals surface area contributed by atoms with Gasteiger partial charge in [0.15, 0.2) is 0 Å². The summed E-state index contributed by atoms with van der Waals surface area (Å²) < 4.78 is 0. The Balaban J connectivity index is 0. The first kappa shape index (κ1) is 22.4. The van der Waals surface area contributed by atoms with Crippen molar-refractivity contribution < 1.29 is 24.6 Å². The molecule has 0 aliphatic rings. The number of unbranched alkanes of at least 4 members (excludes halogenated alkanes) is 3. The number of rotatable bonds is 9. The van der Waals surface area contributed by atoms with Crippen LogP contribution in [0.5, 0.6) is 0 Å². The summed E-state index contributed by atoms with van der Waals surface area (Å²) in [6.07, 6.45) is 7.09. The number of hydrogen-bond acceptors (Lipinski definition) is 4. The Kier molecular flexibility index (Phi) is 13.0. The molecule has 0 unspecified atom stereocenters. The lowest BCUT2D eigenvalue weighted by Crippen LogP contribution is -2.45. The van der Waals surface area contributed by atoms with Gasteiger partial charge in [0, 0.05) is 17.7 Å². The molecule has 0 heterocycles. The number of nitrogens with two attached hydrogens (primary N) is 1. The van der Waals surface area contributed by atoms with E-state index in [0.717, 1.165) is 6.42 Å². The predicted octanol–water partition coefficient (Wildman–Crippen LogP) is 1.52. The molecular weight excluding hydrogens is 288 g/mol. The Bertz CT molecular complexity index is 362. The van der Waals surface area contributed by atoms with E-state index in [1.54, 1.807) is 0 Å². The average molecular weight is 316 g/mol. The Morgan fingerprint density at radius 3 is 1.91 bits per heavy atom. The van der Waals surface area contributed by atoms with Gasteiger partial charge in [-0.2, -0.15) is 0 Å². The normalized spacial score (nSPS) is 10.7. The first-order valence-corrected chi connectivity index (χ1v) is 7.29. The van der Waals surface area contributed by atoms with Gasteiger partial charge in [-0.3, -0.25) is 4.79 Å². The van der Waals surface area contributed by atoms with Gasteiger partial charge in [-0.15, -0.1) is 0 Å². The highest BCUT2D eigenvalue weighted by molar-refractivity contribution is 5.89. The van der Waals surface area contributed by atoms with Crippen LogP contribution in [0.2, 0.25) is 0 Å². The molecular formula is C15H28N2O5. The number of carbonyl (C=O) groups excluding carboxylic acids is 1. The minimum Gasteiger partial charge on any atom is -0.478 e. The van der Waals surface area contributed by atoms with Crippen molar-refractivity contribution in [3.63, 3.8) is 0 Å². The highest BCUT2D eigenvalue weighted by Gasteiger charge is 2.18. The highest BCUT2D eigenvalue weighted by Crippen LogP contribution is 2.14. The molecule has 0 bridgehead atoms. The molecule has 5 N–H and O–H groups in total. The number of carboxylic acids is 2. The molecule has 0 aromatic carbocycles. The maximum atomic E-state index is 11.1. The fourth-order valence-electron chi connectivity index (χ4n) is 1.63. The monoisotopic (exact) mass is 316 g/mol. The van der Waals surface area contributed by atoms with Crippen LogP contribution in [-0.4, -0.2) is 40.1 Å². The van der Waals surface area contributed by atoms with Crippen LogP contribution in [0.4, 0.5) is 0 Å². The van der Waals surface area contributed by atoms with Crippen LogP contribution in [0.3, 0.4) is 0 Å². The number of amides is 1. The first-order chi connectivity index (χ1) is 10.1. The summed E-state index contributed by atoms with van der Waals surface area (Å²) in [6.45, 7) is 6.37. The molecule has 7 heteroatoms. The van der Waals surface area contributed by atoms with Crippen LogP contribution in [0.1, 0.15) is 52.9 Å². The van der Waals surface area contributed by atoms with E-state index < -0.39 is 11.9 Å². The van der Waals surface area contributed by atoms with Crippen molar-refractivity contribution in [2.75, 3.05) is 6.54 Å². The van der Waals surface area contributed by atoms with Gasteiger partial charge in [-0.25, -0.2) is 9.59 Å². The number of carboxylic acid groups (broad SMARTS) is 2. The van der Waals surface area contributed by atoms with Gasteiger partial charge in [0.1, 0.15) is 0 Å². The van der Waals surface area contributed by atoms with E-state index in [1.165, 1.54) is 25.7 Å². The number of nitrogens with one attached hydrogen (secondary N) is 1. The maximum Gasteiger partial charge on any atom is 0.328 e.